The summed E-state index contributed by atoms with van der Waals surface area (Å²) in [4.78, 5) is -0.858. The van der Waals surface area contributed by atoms with Gasteiger partial charge in [0, 0.05) is 22.2 Å². The Bertz CT molecular complexity index is 605. The Morgan fingerprint density at radius 1 is 0.842 bits per heavy atom. The van der Waals surface area contributed by atoms with E-state index in [2.05, 4.69) is 31.9 Å². The van der Waals surface area contributed by atoms with Gasteiger partial charge in [0.25, 0.3) is 0 Å². The van der Waals surface area contributed by atoms with Crippen LogP contribution < -0.4 is 0 Å². The molecule has 0 N–H and O–H groups in total. The van der Waals surface area contributed by atoms with E-state index in [1.165, 1.54) is 18.2 Å². The van der Waals surface area contributed by atoms with Gasteiger partial charge in [-0.2, -0.15) is 0 Å². The molecule has 0 aromatic heterocycles. The molecular formula is C13H6Br2F4. The van der Waals surface area contributed by atoms with Crippen LogP contribution in [-0.4, -0.2) is 0 Å². The first-order valence-corrected chi connectivity index (χ1v) is 6.84. The van der Waals surface area contributed by atoms with Crippen LogP contribution in [-0.2, 0) is 0 Å². The molecule has 0 nitrogen and oxygen atoms in total. The first-order valence-electron chi connectivity index (χ1n) is 5.13. The molecule has 1 unspecified atom stereocenters. The highest BCUT2D eigenvalue weighted by atomic mass is 79.9. The molecule has 2 aromatic rings. The zero-order valence-corrected chi connectivity index (χ0v) is 12.4. The second-order valence-electron chi connectivity index (χ2n) is 3.81. The second kappa shape index (κ2) is 5.63. The minimum Gasteiger partial charge on any atom is -0.207 e. The molecule has 0 saturated carbocycles. The molecule has 0 fully saturated rings. The van der Waals surface area contributed by atoms with Crippen LogP contribution in [0.1, 0.15) is 16.0 Å². The molecule has 0 saturated heterocycles. The fourth-order valence-corrected chi connectivity index (χ4v) is 3.38. The van der Waals surface area contributed by atoms with Gasteiger partial charge in [-0.05, 0) is 17.7 Å². The van der Waals surface area contributed by atoms with Crippen LogP contribution in [0.3, 0.4) is 0 Å². The van der Waals surface area contributed by atoms with Crippen molar-refractivity contribution in [1.29, 1.82) is 0 Å². The third-order valence-electron chi connectivity index (χ3n) is 2.53. The number of alkyl halides is 1. The van der Waals surface area contributed by atoms with Crippen LogP contribution in [0.25, 0.3) is 0 Å². The highest BCUT2D eigenvalue weighted by Crippen LogP contribution is 2.38. The fourth-order valence-electron chi connectivity index (χ4n) is 1.66. The van der Waals surface area contributed by atoms with Gasteiger partial charge in [0.1, 0.15) is 23.3 Å². The molecule has 100 valence electrons. The quantitative estimate of drug-likeness (QED) is 0.464. The van der Waals surface area contributed by atoms with E-state index in [1.807, 2.05) is 0 Å². The molecule has 0 heterocycles. The van der Waals surface area contributed by atoms with Crippen LogP contribution >= 0.6 is 31.9 Å². The van der Waals surface area contributed by atoms with Crippen molar-refractivity contribution < 1.29 is 17.6 Å². The van der Waals surface area contributed by atoms with Crippen molar-refractivity contribution in [3.8, 4) is 0 Å². The molecule has 0 radical (unpaired) electrons. The van der Waals surface area contributed by atoms with Crippen molar-refractivity contribution in [1.82, 2.24) is 0 Å². The molecule has 2 aromatic carbocycles. The smallest absolute Gasteiger partial charge is 0.133 e. The average Bonchev–Trinajstić information content (AvgIpc) is 2.26. The lowest BCUT2D eigenvalue weighted by Crippen LogP contribution is -2.02. The summed E-state index contributed by atoms with van der Waals surface area (Å²) in [5.74, 6) is -3.47. The van der Waals surface area contributed by atoms with Crippen molar-refractivity contribution in [2.75, 3.05) is 0 Å². The van der Waals surface area contributed by atoms with Crippen molar-refractivity contribution in [3.05, 3.63) is 69.2 Å². The Hall–Kier alpha value is -0.880. The molecule has 0 amide bonds. The Labute approximate surface area is 123 Å². The van der Waals surface area contributed by atoms with Gasteiger partial charge in [-0.3, -0.25) is 0 Å². The predicted octanol–water partition coefficient (Wildman–Crippen LogP) is 5.49. The average molecular weight is 398 g/mol. The maximum Gasteiger partial charge on any atom is 0.133 e. The zero-order chi connectivity index (χ0) is 14.2. The van der Waals surface area contributed by atoms with E-state index in [9.17, 15) is 17.6 Å². The highest BCUT2D eigenvalue weighted by Gasteiger charge is 2.22. The molecular weight excluding hydrogens is 392 g/mol. The van der Waals surface area contributed by atoms with E-state index in [0.29, 0.717) is 22.2 Å². The summed E-state index contributed by atoms with van der Waals surface area (Å²) in [6.45, 7) is 0. The number of benzene rings is 2. The third kappa shape index (κ3) is 3.00. The first-order chi connectivity index (χ1) is 8.90. The van der Waals surface area contributed by atoms with Gasteiger partial charge < -0.3 is 0 Å². The number of rotatable bonds is 2. The Morgan fingerprint density at radius 3 is 1.95 bits per heavy atom. The summed E-state index contributed by atoms with van der Waals surface area (Å²) in [6.07, 6.45) is 0. The zero-order valence-electron chi connectivity index (χ0n) is 9.23. The van der Waals surface area contributed by atoms with Gasteiger partial charge in [0.15, 0.2) is 0 Å². The number of hydrogen-bond acceptors (Lipinski definition) is 0. The molecule has 0 aliphatic heterocycles. The standard InChI is InChI=1S/C13H6Br2F4/c14-9-3-6(16)1-2-8(9)13(15)12-10(18)4-7(17)5-11(12)19/h1-5,13H. The van der Waals surface area contributed by atoms with Gasteiger partial charge in [0.2, 0.25) is 0 Å². The Kier molecular flexibility index (Phi) is 4.30. The fraction of sp³-hybridized carbons (Fsp3) is 0.0769. The third-order valence-corrected chi connectivity index (χ3v) is 4.17. The van der Waals surface area contributed by atoms with E-state index in [-0.39, 0.29) is 5.56 Å². The molecule has 0 bridgehead atoms. The molecule has 2 rings (SSSR count). The van der Waals surface area contributed by atoms with E-state index < -0.39 is 28.1 Å². The molecule has 19 heavy (non-hydrogen) atoms. The molecule has 1 atom stereocenters. The van der Waals surface area contributed by atoms with Crippen molar-refractivity contribution in [3.63, 3.8) is 0 Å². The van der Waals surface area contributed by atoms with Gasteiger partial charge in [-0.15, -0.1) is 0 Å². The Balaban J connectivity index is 2.53. The van der Waals surface area contributed by atoms with E-state index in [0.717, 1.165) is 0 Å². The monoisotopic (exact) mass is 396 g/mol. The normalized spacial score (nSPS) is 12.5. The van der Waals surface area contributed by atoms with Gasteiger partial charge in [-0.1, -0.05) is 37.9 Å². The lowest BCUT2D eigenvalue weighted by Gasteiger charge is -2.14. The summed E-state index contributed by atoms with van der Waals surface area (Å²) in [7, 11) is 0. The lowest BCUT2D eigenvalue weighted by atomic mass is 10.0. The first kappa shape index (κ1) is 14.5. The number of halogens is 6. The summed E-state index contributed by atoms with van der Waals surface area (Å²) in [5.41, 5.74) is 0.111. The SMILES string of the molecule is Fc1cc(F)c(C(Br)c2ccc(F)cc2Br)c(F)c1. The maximum absolute atomic E-state index is 13.7. The van der Waals surface area contributed by atoms with E-state index in [1.54, 1.807) is 0 Å². The molecule has 6 heteroatoms. The predicted molar refractivity (Wildman–Crippen MR) is 71.2 cm³/mol. The van der Waals surface area contributed by atoms with Gasteiger partial charge in [0.05, 0.1) is 4.83 Å². The molecule has 0 spiro atoms. The topological polar surface area (TPSA) is 0 Å². The van der Waals surface area contributed by atoms with E-state index in [4.69, 9.17) is 0 Å². The van der Waals surface area contributed by atoms with Crippen LogP contribution in [0.5, 0.6) is 0 Å². The Morgan fingerprint density at radius 2 is 1.42 bits per heavy atom. The van der Waals surface area contributed by atoms with Crippen LogP contribution in [0.2, 0.25) is 0 Å². The van der Waals surface area contributed by atoms with Gasteiger partial charge in [-0.25, -0.2) is 17.6 Å². The summed E-state index contributed by atoms with van der Waals surface area (Å²) in [6, 6.07) is 4.95. The summed E-state index contributed by atoms with van der Waals surface area (Å²) >= 11 is 6.26. The van der Waals surface area contributed by atoms with Crippen LogP contribution in [0.4, 0.5) is 17.6 Å². The lowest BCUT2D eigenvalue weighted by molar-refractivity contribution is 0.527. The van der Waals surface area contributed by atoms with Crippen molar-refractivity contribution >= 4 is 31.9 Å². The maximum atomic E-state index is 13.7. The molecule has 0 aliphatic rings. The summed E-state index contributed by atoms with van der Waals surface area (Å²) in [5, 5.41) is 0. The van der Waals surface area contributed by atoms with Crippen LogP contribution in [0, 0.1) is 23.3 Å². The van der Waals surface area contributed by atoms with Crippen molar-refractivity contribution in [2.45, 2.75) is 4.83 Å². The van der Waals surface area contributed by atoms with Crippen LogP contribution in [0.15, 0.2) is 34.8 Å². The highest BCUT2D eigenvalue weighted by molar-refractivity contribution is 9.11. The minimum atomic E-state index is -1.00. The minimum absolute atomic E-state index is 0.325. The molecule has 0 aliphatic carbocycles. The largest absolute Gasteiger partial charge is 0.207 e. The van der Waals surface area contributed by atoms with Gasteiger partial charge >= 0.3 is 0 Å². The van der Waals surface area contributed by atoms with Crippen molar-refractivity contribution in [2.24, 2.45) is 0 Å². The number of hydrogen-bond donors (Lipinski definition) is 0. The van der Waals surface area contributed by atoms with E-state index >= 15 is 0 Å². The summed E-state index contributed by atoms with van der Waals surface area (Å²) < 4.78 is 53.5. The second-order valence-corrected chi connectivity index (χ2v) is 5.58.